The highest BCUT2D eigenvalue weighted by atomic mass is 32.2. The Morgan fingerprint density at radius 2 is 1.81 bits per heavy atom. The van der Waals surface area contributed by atoms with E-state index < -0.39 is 0 Å². The van der Waals surface area contributed by atoms with Crippen molar-refractivity contribution in [1.29, 1.82) is 5.26 Å². The Balaban J connectivity index is 1.52. The van der Waals surface area contributed by atoms with Gasteiger partial charge in [-0.1, -0.05) is 55.5 Å². The van der Waals surface area contributed by atoms with Crippen LogP contribution >= 0.6 is 11.8 Å². The SMILES string of the molecule is CCc1ccc(N=C2NC(=O)/C(=C/c3ccccc3OCc3ccccc3C#N)S2)cc1. The number of thioether (sulfide) groups is 1. The molecule has 32 heavy (non-hydrogen) atoms. The molecular formula is C26H21N3O2S. The van der Waals surface area contributed by atoms with Gasteiger partial charge in [0.15, 0.2) is 5.17 Å². The molecule has 5 nitrogen and oxygen atoms in total. The van der Waals surface area contributed by atoms with Crippen molar-refractivity contribution in [3.8, 4) is 11.8 Å². The fourth-order valence-electron chi connectivity index (χ4n) is 3.19. The molecule has 0 aromatic heterocycles. The molecule has 1 fully saturated rings. The fraction of sp³-hybridized carbons (Fsp3) is 0.115. The van der Waals surface area contributed by atoms with Crippen LogP contribution in [-0.4, -0.2) is 11.1 Å². The van der Waals surface area contributed by atoms with Crippen LogP contribution in [0.1, 0.15) is 29.2 Å². The molecule has 1 N–H and O–H groups in total. The number of aryl methyl sites for hydroxylation is 1. The molecule has 6 heteroatoms. The first kappa shape index (κ1) is 21.4. The molecule has 0 radical (unpaired) electrons. The van der Waals surface area contributed by atoms with E-state index in [4.69, 9.17) is 4.74 Å². The number of hydrogen-bond donors (Lipinski definition) is 1. The summed E-state index contributed by atoms with van der Waals surface area (Å²) in [6, 6.07) is 25.0. The number of nitrogens with zero attached hydrogens (tertiary/aromatic N) is 2. The molecule has 0 spiro atoms. The van der Waals surface area contributed by atoms with Crippen LogP contribution in [-0.2, 0) is 17.8 Å². The minimum Gasteiger partial charge on any atom is -0.488 e. The average molecular weight is 440 g/mol. The lowest BCUT2D eigenvalue weighted by molar-refractivity contribution is -0.115. The van der Waals surface area contributed by atoms with Crippen molar-refractivity contribution < 1.29 is 9.53 Å². The Labute approximate surface area is 191 Å². The van der Waals surface area contributed by atoms with Crippen molar-refractivity contribution in [2.45, 2.75) is 20.0 Å². The van der Waals surface area contributed by atoms with E-state index in [9.17, 15) is 10.1 Å². The van der Waals surface area contributed by atoms with Crippen molar-refractivity contribution in [2.24, 2.45) is 4.99 Å². The van der Waals surface area contributed by atoms with E-state index in [1.54, 1.807) is 12.1 Å². The zero-order valence-corrected chi connectivity index (χ0v) is 18.4. The number of carbonyl (C=O) groups is 1. The summed E-state index contributed by atoms with van der Waals surface area (Å²) in [7, 11) is 0. The number of benzene rings is 3. The molecule has 0 saturated carbocycles. The molecule has 3 aromatic carbocycles. The smallest absolute Gasteiger partial charge is 0.264 e. The topological polar surface area (TPSA) is 74.5 Å². The van der Waals surface area contributed by atoms with Gasteiger partial charge in [-0.05, 0) is 54.1 Å². The van der Waals surface area contributed by atoms with Crippen molar-refractivity contribution >= 4 is 34.6 Å². The van der Waals surface area contributed by atoms with E-state index >= 15 is 0 Å². The van der Waals surface area contributed by atoms with E-state index in [0.717, 1.165) is 23.2 Å². The summed E-state index contributed by atoms with van der Waals surface area (Å²) in [6.07, 6.45) is 2.77. The minimum atomic E-state index is -0.191. The van der Waals surface area contributed by atoms with Gasteiger partial charge in [0.1, 0.15) is 12.4 Å². The largest absolute Gasteiger partial charge is 0.488 e. The molecule has 4 rings (SSSR count). The van der Waals surface area contributed by atoms with Gasteiger partial charge in [0.25, 0.3) is 5.91 Å². The van der Waals surface area contributed by atoms with Gasteiger partial charge in [-0.2, -0.15) is 5.26 Å². The van der Waals surface area contributed by atoms with Crippen LogP contribution < -0.4 is 10.1 Å². The molecule has 1 heterocycles. The molecule has 1 aliphatic rings. The first-order chi connectivity index (χ1) is 15.7. The average Bonchev–Trinajstić information content (AvgIpc) is 3.17. The number of hydrogen-bond acceptors (Lipinski definition) is 5. The maximum Gasteiger partial charge on any atom is 0.264 e. The third kappa shape index (κ3) is 5.08. The van der Waals surface area contributed by atoms with E-state index in [-0.39, 0.29) is 12.5 Å². The van der Waals surface area contributed by atoms with Crippen LogP contribution in [0.2, 0.25) is 0 Å². The number of para-hydroxylation sites is 1. The maximum absolute atomic E-state index is 12.5. The molecular weight excluding hydrogens is 418 g/mol. The van der Waals surface area contributed by atoms with Gasteiger partial charge in [-0.25, -0.2) is 4.99 Å². The summed E-state index contributed by atoms with van der Waals surface area (Å²) in [5, 5.41) is 12.6. The summed E-state index contributed by atoms with van der Waals surface area (Å²) < 4.78 is 5.99. The molecule has 0 aliphatic carbocycles. The molecule has 1 aliphatic heterocycles. The van der Waals surface area contributed by atoms with Gasteiger partial charge >= 0.3 is 0 Å². The monoisotopic (exact) mass is 439 g/mol. The fourth-order valence-corrected chi connectivity index (χ4v) is 4.02. The molecule has 1 amide bonds. The Bertz CT molecular complexity index is 1240. The number of rotatable bonds is 6. The summed E-state index contributed by atoms with van der Waals surface area (Å²) in [5.41, 5.74) is 4.22. The van der Waals surface area contributed by atoms with Crippen LogP contribution in [0, 0.1) is 11.3 Å². The molecule has 1 saturated heterocycles. The molecule has 0 unspecified atom stereocenters. The molecule has 3 aromatic rings. The zero-order valence-electron chi connectivity index (χ0n) is 17.5. The lowest BCUT2D eigenvalue weighted by Crippen LogP contribution is -2.19. The maximum atomic E-state index is 12.5. The summed E-state index contributed by atoms with van der Waals surface area (Å²) in [5.74, 6) is 0.449. The number of amides is 1. The highest BCUT2D eigenvalue weighted by molar-refractivity contribution is 8.18. The van der Waals surface area contributed by atoms with E-state index in [0.29, 0.717) is 21.4 Å². The highest BCUT2D eigenvalue weighted by Gasteiger charge is 2.24. The van der Waals surface area contributed by atoms with Gasteiger partial charge in [0, 0.05) is 11.1 Å². The third-order valence-corrected chi connectivity index (χ3v) is 5.86. The van der Waals surface area contributed by atoms with Gasteiger partial charge in [-0.3, -0.25) is 4.79 Å². The quantitative estimate of drug-likeness (QED) is 0.508. The van der Waals surface area contributed by atoms with Gasteiger partial charge < -0.3 is 10.1 Å². The van der Waals surface area contributed by atoms with Crippen LogP contribution in [0.25, 0.3) is 6.08 Å². The Morgan fingerprint density at radius 1 is 1.06 bits per heavy atom. The first-order valence-corrected chi connectivity index (χ1v) is 11.1. The Hall–Kier alpha value is -3.82. The van der Waals surface area contributed by atoms with Crippen molar-refractivity contribution in [3.05, 3.63) is 100.0 Å². The Kier molecular flexibility index (Phi) is 6.69. The normalized spacial score (nSPS) is 15.6. The highest BCUT2D eigenvalue weighted by Crippen LogP contribution is 2.31. The van der Waals surface area contributed by atoms with E-state index in [1.165, 1.54) is 17.3 Å². The number of ether oxygens (including phenoxy) is 1. The number of amidine groups is 1. The van der Waals surface area contributed by atoms with Gasteiger partial charge in [0.05, 0.1) is 22.2 Å². The number of nitriles is 1. The lowest BCUT2D eigenvalue weighted by Gasteiger charge is -2.10. The standard InChI is InChI=1S/C26H21N3O2S/c1-2-18-11-13-22(14-12-18)28-26-29-25(30)24(32-26)15-19-7-5-6-10-23(19)31-17-21-9-4-3-8-20(21)16-27/h3-15H,2,17H2,1H3,(H,28,29,30)/b24-15-. The van der Waals surface area contributed by atoms with Crippen molar-refractivity contribution in [3.63, 3.8) is 0 Å². The summed E-state index contributed by atoms with van der Waals surface area (Å²) in [4.78, 5) is 17.6. The summed E-state index contributed by atoms with van der Waals surface area (Å²) >= 11 is 1.30. The van der Waals surface area contributed by atoms with Gasteiger partial charge in [0.2, 0.25) is 0 Å². The molecule has 158 valence electrons. The van der Waals surface area contributed by atoms with Crippen LogP contribution in [0.15, 0.2) is 82.7 Å². The lowest BCUT2D eigenvalue weighted by atomic mass is 10.1. The Morgan fingerprint density at radius 3 is 2.59 bits per heavy atom. The number of aliphatic imine (C=N–C) groups is 1. The second kappa shape index (κ2) is 9.99. The minimum absolute atomic E-state index is 0.191. The van der Waals surface area contributed by atoms with Crippen LogP contribution in [0.3, 0.4) is 0 Å². The van der Waals surface area contributed by atoms with Crippen molar-refractivity contribution in [1.82, 2.24) is 5.32 Å². The van der Waals surface area contributed by atoms with Gasteiger partial charge in [-0.15, -0.1) is 0 Å². The summed E-state index contributed by atoms with van der Waals surface area (Å²) in [6.45, 7) is 2.37. The second-order valence-corrected chi connectivity index (χ2v) is 8.13. The predicted octanol–water partition coefficient (Wildman–Crippen LogP) is 5.59. The number of carbonyl (C=O) groups excluding carboxylic acids is 1. The van der Waals surface area contributed by atoms with Crippen LogP contribution in [0.4, 0.5) is 5.69 Å². The second-order valence-electron chi connectivity index (χ2n) is 7.10. The van der Waals surface area contributed by atoms with E-state index in [2.05, 4.69) is 23.3 Å². The molecule has 0 atom stereocenters. The molecule has 0 bridgehead atoms. The predicted molar refractivity (Wildman–Crippen MR) is 129 cm³/mol. The van der Waals surface area contributed by atoms with Crippen LogP contribution in [0.5, 0.6) is 5.75 Å². The number of nitrogens with one attached hydrogen (secondary N) is 1. The first-order valence-electron chi connectivity index (χ1n) is 10.2. The zero-order chi connectivity index (χ0) is 22.3. The van der Waals surface area contributed by atoms with E-state index in [1.807, 2.05) is 66.7 Å². The van der Waals surface area contributed by atoms with Crippen molar-refractivity contribution in [2.75, 3.05) is 0 Å². The third-order valence-electron chi connectivity index (χ3n) is 4.95.